The zero-order chi connectivity index (χ0) is 18.7. The Morgan fingerprint density at radius 2 is 1.77 bits per heavy atom. The van der Waals surface area contributed by atoms with Crippen molar-refractivity contribution in [1.29, 1.82) is 0 Å². The summed E-state index contributed by atoms with van der Waals surface area (Å²) in [6, 6.07) is 7.82. The molecule has 0 unspecified atom stereocenters. The predicted octanol–water partition coefficient (Wildman–Crippen LogP) is 2.67. The highest BCUT2D eigenvalue weighted by molar-refractivity contribution is 6.00. The van der Waals surface area contributed by atoms with Gasteiger partial charge in [-0.3, -0.25) is 0 Å². The van der Waals surface area contributed by atoms with Gasteiger partial charge in [0.05, 0.1) is 18.7 Å². The van der Waals surface area contributed by atoms with Gasteiger partial charge in [0.1, 0.15) is 5.69 Å². The summed E-state index contributed by atoms with van der Waals surface area (Å²) in [5, 5.41) is 8.67. The number of rotatable bonds is 6. The van der Waals surface area contributed by atoms with Crippen LogP contribution >= 0.6 is 0 Å². The summed E-state index contributed by atoms with van der Waals surface area (Å²) in [5.41, 5.74) is 1.10. The molecule has 2 aromatic heterocycles. The molecule has 26 heavy (non-hydrogen) atoms. The number of hydrogen-bond donors (Lipinski definition) is 0. The first-order valence-electron chi connectivity index (χ1n) is 8.30. The summed E-state index contributed by atoms with van der Waals surface area (Å²) in [5.74, 6) is -0.826. The van der Waals surface area contributed by atoms with Crippen LogP contribution in [0.15, 0.2) is 34.7 Å². The second-order valence-corrected chi connectivity index (χ2v) is 5.49. The van der Waals surface area contributed by atoms with Crippen LogP contribution in [0.5, 0.6) is 0 Å². The SMILES string of the molecule is CCOC(=O)C(C(=O)OCC)n1c(-c2nnc(C)o2)cc2ccccc21. The number of aryl methyl sites for hydroxylation is 1. The zero-order valence-electron chi connectivity index (χ0n) is 14.8. The average molecular weight is 357 g/mol. The number of carbonyl (C=O) groups excluding carboxylic acids is 2. The molecule has 0 fully saturated rings. The third-order valence-corrected chi connectivity index (χ3v) is 3.77. The molecule has 0 aliphatic heterocycles. The average Bonchev–Trinajstić information content (AvgIpc) is 3.20. The molecule has 0 bridgehead atoms. The van der Waals surface area contributed by atoms with Crippen molar-refractivity contribution >= 4 is 22.8 Å². The summed E-state index contributed by atoms with van der Waals surface area (Å²) in [7, 11) is 0. The van der Waals surface area contributed by atoms with Gasteiger partial charge in [0.15, 0.2) is 0 Å². The zero-order valence-corrected chi connectivity index (χ0v) is 14.8. The molecule has 136 valence electrons. The quantitative estimate of drug-likeness (QED) is 0.494. The Morgan fingerprint density at radius 1 is 1.12 bits per heavy atom. The number of ether oxygens (including phenoxy) is 2. The van der Waals surface area contributed by atoms with Crippen LogP contribution in [0.4, 0.5) is 0 Å². The molecular weight excluding hydrogens is 338 g/mol. The highest BCUT2D eigenvalue weighted by Crippen LogP contribution is 2.32. The summed E-state index contributed by atoms with van der Waals surface area (Å²) < 4.78 is 17.3. The summed E-state index contributed by atoms with van der Waals surface area (Å²) >= 11 is 0. The molecule has 0 saturated heterocycles. The highest BCUT2D eigenvalue weighted by Gasteiger charge is 2.35. The van der Waals surface area contributed by atoms with Crippen molar-refractivity contribution < 1.29 is 23.5 Å². The van der Waals surface area contributed by atoms with Gasteiger partial charge in [-0.1, -0.05) is 18.2 Å². The maximum atomic E-state index is 12.6. The van der Waals surface area contributed by atoms with Crippen molar-refractivity contribution in [2.24, 2.45) is 0 Å². The predicted molar refractivity (Wildman–Crippen MR) is 92.3 cm³/mol. The van der Waals surface area contributed by atoms with E-state index in [4.69, 9.17) is 13.9 Å². The number of benzene rings is 1. The molecule has 1 aromatic carbocycles. The van der Waals surface area contributed by atoms with Crippen LogP contribution in [0.2, 0.25) is 0 Å². The van der Waals surface area contributed by atoms with Gasteiger partial charge in [0.25, 0.3) is 5.89 Å². The van der Waals surface area contributed by atoms with Crippen molar-refractivity contribution in [3.63, 3.8) is 0 Å². The Morgan fingerprint density at radius 3 is 2.35 bits per heavy atom. The van der Waals surface area contributed by atoms with E-state index in [0.717, 1.165) is 5.39 Å². The molecule has 8 heteroatoms. The molecule has 3 aromatic rings. The minimum absolute atomic E-state index is 0.142. The smallest absolute Gasteiger partial charge is 0.340 e. The first kappa shape index (κ1) is 17.7. The molecule has 0 aliphatic carbocycles. The van der Waals surface area contributed by atoms with E-state index in [1.807, 2.05) is 18.2 Å². The molecule has 2 heterocycles. The largest absolute Gasteiger partial charge is 0.464 e. The van der Waals surface area contributed by atoms with E-state index >= 15 is 0 Å². The van der Waals surface area contributed by atoms with E-state index in [1.54, 1.807) is 32.9 Å². The number of nitrogens with zero attached hydrogens (tertiary/aromatic N) is 3. The fourth-order valence-corrected chi connectivity index (χ4v) is 2.77. The van der Waals surface area contributed by atoms with Crippen LogP contribution in [0, 0.1) is 6.92 Å². The van der Waals surface area contributed by atoms with Crippen LogP contribution in [-0.4, -0.2) is 39.9 Å². The second kappa shape index (κ2) is 7.38. The van der Waals surface area contributed by atoms with Gasteiger partial charge in [0, 0.05) is 12.3 Å². The normalized spacial score (nSPS) is 11.1. The van der Waals surface area contributed by atoms with E-state index in [2.05, 4.69) is 10.2 Å². The van der Waals surface area contributed by atoms with Crippen molar-refractivity contribution in [3.8, 4) is 11.6 Å². The molecule has 3 rings (SSSR count). The van der Waals surface area contributed by atoms with Gasteiger partial charge < -0.3 is 18.5 Å². The lowest BCUT2D eigenvalue weighted by Crippen LogP contribution is -2.31. The van der Waals surface area contributed by atoms with Crippen molar-refractivity contribution in [3.05, 3.63) is 36.2 Å². The highest BCUT2D eigenvalue weighted by atomic mass is 16.6. The molecule has 0 atom stereocenters. The fraction of sp³-hybridized carbons (Fsp3) is 0.333. The maximum Gasteiger partial charge on any atom is 0.340 e. The third-order valence-electron chi connectivity index (χ3n) is 3.77. The monoisotopic (exact) mass is 357 g/mol. The Balaban J connectivity index is 2.24. The lowest BCUT2D eigenvalue weighted by atomic mass is 10.2. The maximum absolute atomic E-state index is 12.6. The van der Waals surface area contributed by atoms with Gasteiger partial charge in [0.2, 0.25) is 11.9 Å². The van der Waals surface area contributed by atoms with Gasteiger partial charge in [-0.2, -0.15) is 0 Å². The van der Waals surface area contributed by atoms with Crippen LogP contribution in [-0.2, 0) is 19.1 Å². The number of para-hydroxylation sites is 1. The van der Waals surface area contributed by atoms with E-state index < -0.39 is 18.0 Å². The molecule has 8 nitrogen and oxygen atoms in total. The minimum atomic E-state index is -1.31. The number of hydrogen-bond acceptors (Lipinski definition) is 7. The van der Waals surface area contributed by atoms with Gasteiger partial charge in [-0.25, -0.2) is 9.59 Å². The third kappa shape index (κ3) is 3.17. The van der Waals surface area contributed by atoms with Crippen molar-refractivity contribution in [2.45, 2.75) is 26.8 Å². The van der Waals surface area contributed by atoms with Crippen molar-refractivity contribution in [2.75, 3.05) is 13.2 Å². The number of esters is 2. The number of fused-ring (bicyclic) bond motifs is 1. The number of aromatic nitrogens is 3. The molecule has 0 radical (unpaired) electrons. The van der Waals surface area contributed by atoms with E-state index in [-0.39, 0.29) is 19.1 Å². The summed E-state index contributed by atoms with van der Waals surface area (Å²) in [6.07, 6.45) is 0. The molecule has 0 N–H and O–H groups in total. The van der Waals surface area contributed by atoms with Gasteiger partial charge in [-0.15, -0.1) is 10.2 Å². The van der Waals surface area contributed by atoms with Crippen LogP contribution in [0.3, 0.4) is 0 Å². The minimum Gasteiger partial charge on any atom is -0.464 e. The van der Waals surface area contributed by atoms with Crippen LogP contribution in [0.1, 0.15) is 25.8 Å². The first-order valence-corrected chi connectivity index (χ1v) is 8.30. The van der Waals surface area contributed by atoms with E-state index in [1.165, 1.54) is 4.57 Å². The number of carbonyl (C=O) groups is 2. The standard InChI is InChI=1S/C18H19N3O5/c1-4-24-17(22)15(18(23)25-5-2)21-13-9-7-6-8-12(13)10-14(21)16-20-19-11(3)26-16/h6-10,15H,4-5H2,1-3H3. The lowest BCUT2D eigenvalue weighted by molar-refractivity contribution is -0.160. The summed E-state index contributed by atoms with van der Waals surface area (Å²) in [4.78, 5) is 25.2. The Kier molecular flexibility index (Phi) is 5.01. The van der Waals surface area contributed by atoms with Crippen molar-refractivity contribution in [1.82, 2.24) is 14.8 Å². The van der Waals surface area contributed by atoms with E-state index in [9.17, 15) is 9.59 Å². The fourth-order valence-electron chi connectivity index (χ4n) is 2.77. The lowest BCUT2D eigenvalue weighted by Gasteiger charge is -2.18. The topological polar surface area (TPSA) is 96.5 Å². The van der Waals surface area contributed by atoms with Crippen LogP contribution in [0.25, 0.3) is 22.5 Å². The Bertz CT molecular complexity index is 925. The summed E-state index contributed by atoms with van der Waals surface area (Å²) in [6.45, 7) is 5.30. The van der Waals surface area contributed by atoms with Crippen LogP contribution < -0.4 is 0 Å². The molecule has 0 spiro atoms. The van der Waals surface area contributed by atoms with Gasteiger partial charge in [-0.05, 0) is 26.0 Å². The second-order valence-electron chi connectivity index (χ2n) is 5.49. The molecular formula is C18H19N3O5. The first-order chi connectivity index (χ1) is 12.6. The molecule has 0 aliphatic rings. The van der Waals surface area contributed by atoms with E-state index in [0.29, 0.717) is 17.1 Å². The Labute approximate surface area is 149 Å². The van der Waals surface area contributed by atoms with Gasteiger partial charge >= 0.3 is 11.9 Å². The molecule has 0 amide bonds. The molecule has 0 saturated carbocycles. The Hall–Kier alpha value is -3.16.